The first-order chi connectivity index (χ1) is 13.2. The van der Waals surface area contributed by atoms with Crippen molar-refractivity contribution in [2.75, 3.05) is 14.2 Å². The number of benzene rings is 2. The van der Waals surface area contributed by atoms with Crippen molar-refractivity contribution in [3.8, 4) is 28.1 Å². The summed E-state index contributed by atoms with van der Waals surface area (Å²) in [5.74, 6) is 0.280. The zero-order valence-electron chi connectivity index (χ0n) is 14.9. The molecule has 0 unspecified atom stereocenters. The Hall–Kier alpha value is -3.67. The van der Waals surface area contributed by atoms with Gasteiger partial charge in [0.1, 0.15) is 5.75 Å². The van der Waals surface area contributed by atoms with Crippen LogP contribution in [-0.4, -0.2) is 34.8 Å². The van der Waals surface area contributed by atoms with Crippen molar-refractivity contribution in [2.24, 2.45) is 0 Å². The van der Waals surface area contributed by atoms with E-state index in [4.69, 9.17) is 14.5 Å². The molecule has 0 saturated heterocycles. The lowest BCUT2D eigenvalue weighted by Gasteiger charge is -2.08. The van der Waals surface area contributed by atoms with E-state index in [1.165, 1.54) is 11.6 Å². The number of hydrogen-bond donors (Lipinski definition) is 0. The number of methoxy groups -OCH3 is 2. The van der Waals surface area contributed by atoms with E-state index in [0.29, 0.717) is 17.0 Å². The molecule has 0 aliphatic carbocycles. The van der Waals surface area contributed by atoms with E-state index in [1.807, 2.05) is 54.6 Å². The minimum atomic E-state index is -0.472. The Morgan fingerprint density at radius 3 is 2.37 bits per heavy atom. The molecule has 27 heavy (non-hydrogen) atoms. The van der Waals surface area contributed by atoms with Crippen LogP contribution in [0.5, 0.6) is 5.75 Å². The first kappa shape index (κ1) is 16.8. The van der Waals surface area contributed by atoms with Crippen LogP contribution in [0.2, 0.25) is 0 Å². The Labute approximate surface area is 156 Å². The van der Waals surface area contributed by atoms with Crippen molar-refractivity contribution in [3.05, 3.63) is 72.6 Å². The number of fused-ring (bicyclic) bond motifs is 1. The number of ether oxygens (including phenoxy) is 2. The highest BCUT2D eigenvalue weighted by atomic mass is 16.5. The molecule has 4 aromatic rings. The highest BCUT2D eigenvalue weighted by molar-refractivity contribution is 5.91. The molecule has 0 aliphatic rings. The normalized spacial score (nSPS) is 10.7. The molecule has 0 saturated carbocycles. The standard InChI is InChI=1S/C21H17N3O3/c1-26-16-10-8-15(9-11-16)18-12-19(21(25)27-2)24-20(23-18)17(13-22-24)14-6-4-3-5-7-14/h3-13H,1-2H3. The molecule has 2 aromatic heterocycles. The Kier molecular flexibility index (Phi) is 4.30. The Morgan fingerprint density at radius 1 is 0.963 bits per heavy atom. The largest absolute Gasteiger partial charge is 0.497 e. The predicted octanol–water partition coefficient (Wildman–Crippen LogP) is 3.86. The summed E-state index contributed by atoms with van der Waals surface area (Å²) in [4.78, 5) is 17.1. The molecule has 2 aromatic carbocycles. The second-order valence-corrected chi connectivity index (χ2v) is 5.91. The molecular formula is C21H17N3O3. The molecule has 0 aliphatic heterocycles. The molecule has 0 spiro atoms. The third-order valence-corrected chi connectivity index (χ3v) is 4.34. The van der Waals surface area contributed by atoms with E-state index in [2.05, 4.69) is 5.10 Å². The lowest BCUT2D eigenvalue weighted by Crippen LogP contribution is -2.10. The molecule has 2 heterocycles. The first-order valence-electron chi connectivity index (χ1n) is 8.38. The van der Waals surface area contributed by atoms with E-state index >= 15 is 0 Å². The molecule has 134 valence electrons. The Bertz CT molecular complexity index is 1100. The summed E-state index contributed by atoms with van der Waals surface area (Å²) in [6.45, 7) is 0. The fraction of sp³-hybridized carbons (Fsp3) is 0.0952. The van der Waals surface area contributed by atoms with Crippen LogP contribution in [0.1, 0.15) is 10.5 Å². The molecule has 0 fully saturated rings. The van der Waals surface area contributed by atoms with Gasteiger partial charge in [0.2, 0.25) is 0 Å². The summed E-state index contributed by atoms with van der Waals surface area (Å²) < 4.78 is 11.7. The zero-order chi connectivity index (χ0) is 18.8. The van der Waals surface area contributed by atoms with Crippen LogP contribution in [0, 0.1) is 0 Å². The van der Waals surface area contributed by atoms with Crippen molar-refractivity contribution >= 4 is 11.6 Å². The van der Waals surface area contributed by atoms with Gasteiger partial charge in [-0.1, -0.05) is 30.3 Å². The molecule has 6 heteroatoms. The fourth-order valence-corrected chi connectivity index (χ4v) is 2.94. The molecule has 0 N–H and O–H groups in total. The molecule has 4 rings (SSSR count). The van der Waals surface area contributed by atoms with Gasteiger partial charge in [0.05, 0.1) is 26.1 Å². The molecule has 0 amide bonds. The molecule has 0 radical (unpaired) electrons. The first-order valence-corrected chi connectivity index (χ1v) is 8.38. The van der Waals surface area contributed by atoms with Crippen LogP contribution in [0.4, 0.5) is 0 Å². The molecular weight excluding hydrogens is 342 g/mol. The SMILES string of the molecule is COC(=O)c1cc(-c2ccc(OC)cc2)nc2c(-c3ccccc3)cnn12. The number of hydrogen-bond acceptors (Lipinski definition) is 5. The lowest BCUT2D eigenvalue weighted by atomic mass is 10.1. The predicted molar refractivity (Wildman–Crippen MR) is 102 cm³/mol. The van der Waals surface area contributed by atoms with Gasteiger partial charge in [0.25, 0.3) is 0 Å². The van der Waals surface area contributed by atoms with Crippen molar-refractivity contribution in [2.45, 2.75) is 0 Å². The van der Waals surface area contributed by atoms with Crippen molar-refractivity contribution < 1.29 is 14.3 Å². The average Bonchev–Trinajstić information content (AvgIpc) is 3.17. The maximum absolute atomic E-state index is 12.3. The van der Waals surface area contributed by atoms with E-state index < -0.39 is 5.97 Å². The maximum atomic E-state index is 12.3. The second-order valence-electron chi connectivity index (χ2n) is 5.91. The summed E-state index contributed by atoms with van der Waals surface area (Å²) in [5.41, 5.74) is 4.25. The van der Waals surface area contributed by atoms with E-state index in [1.54, 1.807) is 19.4 Å². The molecule has 6 nitrogen and oxygen atoms in total. The van der Waals surface area contributed by atoms with Gasteiger partial charge in [-0.3, -0.25) is 0 Å². The minimum Gasteiger partial charge on any atom is -0.497 e. The van der Waals surface area contributed by atoms with Gasteiger partial charge in [0, 0.05) is 11.1 Å². The summed E-state index contributed by atoms with van der Waals surface area (Å²) >= 11 is 0. The third-order valence-electron chi connectivity index (χ3n) is 4.34. The number of carbonyl (C=O) groups excluding carboxylic acids is 1. The number of aromatic nitrogens is 3. The molecule has 0 atom stereocenters. The highest BCUT2D eigenvalue weighted by Gasteiger charge is 2.18. The van der Waals surface area contributed by atoms with Crippen molar-refractivity contribution in [1.29, 1.82) is 0 Å². The van der Waals surface area contributed by atoms with Gasteiger partial charge >= 0.3 is 5.97 Å². The second kappa shape index (κ2) is 6.92. The summed E-state index contributed by atoms with van der Waals surface area (Å²) in [7, 11) is 2.97. The quantitative estimate of drug-likeness (QED) is 0.518. The van der Waals surface area contributed by atoms with Crippen molar-refractivity contribution in [3.63, 3.8) is 0 Å². The number of rotatable bonds is 4. The van der Waals surface area contributed by atoms with E-state index in [-0.39, 0.29) is 0 Å². The van der Waals surface area contributed by atoms with E-state index in [0.717, 1.165) is 22.4 Å². The summed E-state index contributed by atoms with van der Waals surface area (Å²) in [5, 5.41) is 4.36. The van der Waals surface area contributed by atoms with Gasteiger partial charge < -0.3 is 9.47 Å². The maximum Gasteiger partial charge on any atom is 0.356 e. The Balaban J connectivity index is 1.95. The van der Waals surface area contributed by atoms with Gasteiger partial charge in [-0.05, 0) is 35.9 Å². The fourth-order valence-electron chi connectivity index (χ4n) is 2.94. The van der Waals surface area contributed by atoms with Crippen molar-refractivity contribution in [1.82, 2.24) is 14.6 Å². The smallest absolute Gasteiger partial charge is 0.356 e. The van der Waals surface area contributed by atoms with Gasteiger partial charge in [-0.25, -0.2) is 14.3 Å². The average molecular weight is 359 g/mol. The number of nitrogens with zero attached hydrogens (tertiary/aromatic N) is 3. The van der Waals surface area contributed by atoms with Crippen LogP contribution in [0.3, 0.4) is 0 Å². The monoisotopic (exact) mass is 359 g/mol. The highest BCUT2D eigenvalue weighted by Crippen LogP contribution is 2.28. The minimum absolute atomic E-state index is 0.315. The topological polar surface area (TPSA) is 65.7 Å². The van der Waals surface area contributed by atoms with Crippen LogP contribution in [0.15, 0.2) is 66.9 Å². The number of carbonyl (C=O) groups is 1. The van der Waals surface area contributed by atoms with Crippen LogP contribution >= 0.6 is 0 Å². The lowest BCUT2D eigenvalue weighted by molar-refractivity contribution is 0.0590. The van der Waals surface area contributed by atoms with E-state index in [9.17, 15) is 4.79 Å². The molecule has 0 bridgehead atoms. The number of esters is 1. The summed E-state index contributed by atoms with van der Waals surface area (Å²) in [6, 6.07) is 19.0. The summed E-state index contributed by atoms with van der Waals surface area (Å²) in [6.07, 6.45) is 1.71. The van der Waals surface area contributed by atoms with Crippen LogP contribution < -0.4 is 4.74 Å². The third kappa shape index (κ3) is 3.01. The van der Waals surface area contributed by atoms with Gasteiger partial charge in [-0.15, -0.1) is 0 Å². The van der Waals surface area contributed by atoms with Crippen LogP contribution in [-0.2, 0) is 4.74 Å². The Morgan fingerprint density at radius 2 is 1.70 bits per heavy atom. The van der Waals surface area contributed by atoms with Crippen LogP contribution in [0.25, 0.3) is 28.0 Å². The van der Waals surface area contributed by atoms with Gasteiger partial charge in [0.15, 0.2) is 11.3 Å². The zero-order valence-corrected chi connectivity index (χ0v) is 14.9. The van der Waals surface area contributed by atoms with Gasteiger partial charge in [-0.2, -0.15) is 5.10 Å².